The Morgan fingerprint density at radius 2 is 1.67 bits per heavy atom. The second-order valence-electron chi connectivity index (χ2n) is 9.33. The average molecular weight is 538 g/mol. The Kier molecular flexibility index (Phi) is 8.52. The van der Waals surface area contributed by atoms with Crippen molar-refractivity contribution in [2.24, 2.45) is 0 Å². The van der Waals surface area contributed by atoms with Crippen molar-refractivity contribution in [3.05, 3.63) is 41.4 Å². The van der Waals surface area contributed by atoms with Crippen molar-refractivity contribution in [1.82, 2.24) is 14.5 Å². The number of likely N-dealkylation sites (tertiary alicyclic amines) is 2. The number of nitrogens with one attached hydrogen (secondary N) is 1. The van der Waals surface area contributed by atoms with Crippen LogP contribution in [0.4, 0.5) is 0 Å². The quantitative estimate of drug-likeness (QED) is 0.526. The summed E-state index contributed by atoms with van der Waals surface area (Å²) in [5.41, 5.74) is 0. The first-order valence-electron chi connectivity index (χ1n) is 12.0. The lowest BCUT2D eigenvalue weighted by molar-refractivity contribution is -0.145. The number of nitrogens with zero attached hydrogens (tertiary/aromatic N) is 2. The number of halogens is 1. The summed E-state index contributed by atoms with van der Waals surface area (Å²) in [5, 5.41) is 2.11. The molecule has 0 radical (unpaired) electrons. The topological polar surface area (TPSA) is 105 Å². The first kappa shape index (κ1) is 26.8. The van der Waals surface area contributed by atoms with Gasteiger partial charge in [-0.25, -0.2) is 8.42 Å². The van der Waals surface area contributed by atoms with Crippen LogP contribution in [0, 0.1) is 0 Å². The number of hydrogen-bond donors (Lipinski definition) is 1. The highest BCUT2D eigenvalue weighted by Crippen LogP contribution is 2.26. The van der Waals surface area contributed by atoms with Crippen molar-refractivity contribution >= 4 is 44.2 Å². The molecule has 0 bridgehead atoms. The molecule has 2 aliphatic rings. The van der Waals surface area contributed by atoms with E-state index in [-0.39, 0.29) is 29.4 Å². The number of methoxy groups -OCH3 is 2. The van der Waals surface area contributed by atoms with E-state index >= 15 is 0 Å². The fourth-order valence-corrected chi connectivity index (χ4v) is 6.59. The van der Waals surface area contributed by atoms with Gasteiger partial charge in [-0.15, -0.1) is 0 Å². The maximum Gasteiger partial charge on any atom is 0.242 e. The molecule has 2 saturated heterocycles. The zero-order valence-electron chi connectivity index (χ0n) is 20.5. The number of fused-ring (bicyclic) bond motifs is 1. The van der Waals surface area contributed by atoms with Gasteiger partial charge in [0, 0.05) is 25.8 Å². The molecule has 0 aliphatic carbocycles. The number of carbonyl (C=O) groups excluding carboxylic acids is 2. The summed E-state index contributed by atoms with van der Waals surface area (Å²) in [4.78, 5) is 29.8. The van der Waals surface area contributed by atoms with Gasteiger partial charge in [0.05, 0.1) is 36.7 Å². The molecular weight excluding hydrogens is 506 g/mol. The van der Waals surface area contributed by atoms with Crippen molar-refractivity contribution < 1.29 is 27.5 Å². The van der Waals surface area contributed by atoms with Gasteiger partial charge in [-0.1, -0.05) is 23.7 Å². The SMILES string of the molecule is COC[C@@H]1CC[C@@H](COC)N1C(=O)CN1CCC[C@H](NS(=O)(=O)c2ccc3cc(Cl)ccc3c2)C1=O. The lowest BCUT2D eigenvalue weighted by Gasteiger charge is -2.35. The minimum atomic E-state index is -3.95. The van der Waals surface area contributed by atoms with E-state index in [1.807, 2.05) is 0 Å². The first-order valence-corrected chi connectivity index (χ1v) is 13.9. The van der Waals surface area contributed by atoms with Gasteiger partial charge in [-0.3, -0.25) is 9.59 Å². The summed E-state index contributed by atoms with van der Waals surface area (Å²) in [6.07, 6.45) is 2.57. The van der Waals surface area contributed by atoms with Gasteiger partial charge < -0.3 is 19.3 Å². The number of hydrogen-bond acceptors (Lipinski definition) is 6. The fourth-order valence-electron chi connectivity index (χ4n) is 5.15. The molecule has 11 heteroatoms. The molecule has 1 N–H and O–H groups in total. The Balaban J connectivity index is 1.45. The van der Waals surface area contributed by atoms with Crippen LogP contribution in [0.2, 0.25) is 5.02 Å². The molecule has 2 fully saturated rings. The monoisotopic (exact) mass is 537 g/mol. The van der Waals surface area contributed by atoms with Crippen LogP contribution >= 0.6 is 11.6 Å². The summed E-state index contributed by atoms with van der Waals surface area (Å²) in [6.45, 7) is 1.13. The molecule has 4 rings (SSSR count). The Bertz CT molecular complexity index is 1210. The van der Waals surface area contributed by atoms with E-state index in [2.05, 4.69) is 4.72 Å². The predicted molar refractivity (Wildman–Crippen MR) is 136 cm³/mol. The molecular formula is C25H32ClN3O6S. The van der Waals surface area contributed by atoms with E-state index in [0.29, 0.717) is 37.6 Å². The van der Waals surface area contributed by atoms with E-state index in [1.165, 1.54) is 11.0 Å². The van der Waals surface area contributed by atoms with Gasteiger partial charge >= 0.3 is 0 Å². The number of amides is 2. The Morgan fingerprint density at radius 1 is 1.03 bits per heavy atom. The minimum Gasteiger partial charge on any atom is -0.383 e. The molecule has 3 atom stereocenters. The number of sulfonamides is 1. The number of ether oxygens (including phenoxy) is 2. The van der Waals surface area contributed by atoms with Gasteiger partial charge in [0.2, 0.25) is 21.8 Å². The van der Waals surface area contributed by atoms with Crippen molar-refractivity contribution in [2.45, 2.75) is 48.7 Å². The van der Waals surface area contributed by atoms with E-state index < -0.39 is 22.0 Å². The van der Waals surface area contributed by atoms with Gasteiger partial charge in [0.25, 0.3) is 0 Å². The van der Waals surface area contributed by atoms with Gasteiger partial charge in [0.1, 0.15) is 6.04 Å². The van der Waals surface area contributed by atoms with Crippen molar-refractivity contribution in [3.63, 3.8) is 0 Å². The van der Waals surface area contributed by atoms with Crippen LogP contribution in [0.15, 0.2) is 41.3 Å². The van der Waals surface area contributed by atoms with Crippen LogP contribution in [0.1, 0.15) is 25.7 Å². The van der Waals surface area contributed by atoms with Crippen LogP contribution in [-0.2, 0) is 29.1 Å². The standard InChI is InChI=1S/C25H32ClN3O6S/c1-34-15-20-8-9-21(16-35-2)29(20)24(30)14-28-11-3-4-23(25(28)31)27-36(32,33)22-10-6-17-12-19(26)7-5-18(17)13-22/h5-7,10,12-13,20-21,23,27H,3-4,8-9,11,14-16H2,1-2H3/t20-,21-,23-/m0/s1. The molecule has 2 amide bonds. The maximum atomic E-state index is 13.3. The molecule has 0 unspecified atom stereocenters. The summed E-state index contributed by atoms with van der Waals surface area (Å²) < 4.78 is 39.4. The van der Waals surface area contributed by atoms with Gasteiger partial charge in [0.15, 0.2) is 0 Å². The number of benzene rings is 2. The van der Waals surface area contributed by atoms with E-state index in [0.717, 1.165) is 23.6 Å². The zero-order valence-corrected chi connectivity index (χ0v) is 22.1. The summed E-state index contributed by atoms with van der Waals surface area (Å²) in [7, 11) is -0.755. The molecule has 2 aromatic rings. The minimum absolute atomic E-state index is 0.0696. The molecule has 196 valence electrons. The zero-order chi connectivity index (χ0) is 25.9. The van der Waals surface area contributed by atoms with Crippen molar-refractivity contribution in [2.75, 3.05) is 40.5 Å². The van der Waals surface area contributed by atoms with Crippen LogP contribution in [-0.4, -0.2) is 88.7 Å². The van der Waals surface area contributed by atoms with E-state index in [9.17, 15) is 18.0 Å². The largest absolute Gasteiger partial charge is 0.383 e. The maximum absolute atomic E-state index is 13.3. The summed E-state index contributed by atoms with van der Waals surface area (Å²) >= 11 is 6.02. The molecule has 0 spiro atoms. The molecule has 0 aromatic heterocycles. The lowest BCUT2D eigenvalue weighted by atomic mass is 10.1. The van der Waals surface area contributed by atoms with Gasteiger partial charge in [-0.2, -0.15) is 4.72 Å². The second kappa shape index (κ2) is 11.4. The molecule has 36 heavy (non-hydrogen) atoms. The third kappa shape index (κ3) is 5.84. The van der Waals surface area contributed by atoms with Crippen LogP contribution in [0.3, 0.4) is 0 Å². The fraction of sp³-hybridized carbons (Fsp3) is 0.520. The molecule has 0 saturated carbocycles. The lowest BCUT2D eigenvalue weighted by Crippen LogP contribution is -2.56. The van der Waals surface area contributed by atoms with Gasteiger partial charge in [-0.05, 0) is 60.7 Å². The Labute approximate surface area is 216 Å². The first-order chi connectivity index (χ1) is 17.2. The third-order valence-electron chi connectivity index (χ3n) is 6.86. The molecule has 2 heterocycles. The molecule has 2 aliphatic heterocycles. The highest BCUT2D eigenvalue weighted by Gasteiger charge is 2.39. The summed E-state index contributed by atoms with van der Waals surface area (Å²) in [6, 6.07) is 8.88. The molecule has 9 nitrogen and oxygen atoms in total. The predicted octanol–water partition coefficient (Wildman–Crippen LogP) is 2.41. The number of rotatable bonds is 9. The highest BCUT2D eigenvalue weighted by molar-refractivity contribution is 7.89. The Hall–Kier alpha value is -2.24. The number of carbonyl (C=O) groups is 2. The molecule has 2 aromatic carbocycles. The van der Waals surface area contributed by atoms with Crippen LogP contribution in [0.25, 0.3) is 10.8 Å². The summed E-state index contributed by atoms with van der Waals surface area (Å²) in [5.74, 6) is -0.571. The average Bonchev–Trinajstić information content (AvgIpc) is 3.24. The highest BCUT2D eigenvalue weighted by atomic mass is 35.5. The third-order valence-corrected chi connectivity index (χ3v) is 8.57. The van der Waals surface area contributed by atoms with Crippen LogP contribution < -0.4 is 4.72 Å². The second-order valence-corrected chi connectivity index (χ2v) is 11.5. The van der Waals surface area contributed by atoms with Crippen molar-refractivity contribution in [1.29, 1.82) is 0 Å². The van der Waals surface area contributed by atoms with Crippen LogP contribution in [0.5, 0.6) is 0 Å². The van der Waals surface area contributed by atoms with E-state index in [1.54, 1.807) is 49.5 Å². The van der Waals surface area contributed by atoms with E-state index in [4.69, 9.17) is 21.1 Å². The normalized spacial score (nSPS) is 23.0. The smallest absolute Gasteiger partial charge is 0.242 e. The van der Waals surface area contributed by atoms with Crippen molar-refractivity contribution in [3.8, 4) is 0 Å². The Morgan fingerprint density at radius 3 is 2.33 bits per heavy atom. The number of piperidine rings is 1.